The van der Waals surface area contributed by atoms with E-state index in [1.54, 1.807) is 14.1 Å². The Hall–Kier alpha value is -1.14. The Bertz CT molecular complexity index is 268. The Kier molecular flexibility index (Phi) is 4.70. The zero-order valence-corrected chi connectivity index (χ0v) is 9.68. The number of ether oxygens (including phenoxy) is 1. The van der Waals surface area contributed by atoms with Crippen molar-refractivity contribution in [2.45, 2.75) is 12.5 Å². The molecule has 1 atom stereocenters. The fraction of sp³-hybridized carbons (Fsp3) is 0.800. The molecule has 0 bridgehead atoms. The van der Waals surface area contributed by atoms with Gasteiger partial charge >= 0.3 is 5.97 Å². The first-order chi connectivity index (χ1) is 7.50. The van der Waals surface area contributed by atoms with Crippen LogP contribution in [-0.2, 0) is 14.3 Å². The maximum Gasteiger partial charge on any atom is 0.334 e. The number of rotatable bonds is 4. The average molecular weight is 230 g/mol. The molecule has 1 aliphatic heterocycles. The number of hydrogen-bond acceptors (Lipinski definition) is 4. The van der Waals surface area contributed by atoms with E-state index in [2.05, 4.69) is 0 Å². The van der Waals surface area contributed by atoms with Gasteiger partial charge in [-0.05, 0) is 0 Å². The summed E-state index contributed by atoms with van der Waals surface area (Å²) in [4.78, 5) is 25.6. The van der Waals surface area contributed by atoms with Crippen molar-refractivity contribution in [1.29, 1.82) is 0 Å². The van der Waals surface area contributed by atoms with Gasteiger partial charge in [-0.25, -0.2) is 4.79 Å². The monoisotopic (exact) mass is 230 g/mol. The maximum absolute atomic E-state index is 11.4. The molecule has 0 saturated carbocycles. The van der Waals surface area contributed by atoms with Gasteiger partial charge in [-0.3, -0.25) is 9.69 Å². The minimum Gasteiger partial charge on any atom is -0.479 e. The first-order valence-electron chi connectivity index (χ1n) is 5.27. The smallest absolute Gasteiger partial charge is 0.334 e. The van der Waals surface area contributed by atoms with Gasteiger partial charge in [0.2, 0.25) is 5.91 Å². The van der Waals surface area contributed by atoms with E-state index in [0.717, 1.165) is 0 Å². The van der Waals surface area contributed by atoms with Crippen molar-refractivity contribution in [2.24, 2.45) is 0 Å². The van der Waals surface area contributed by atoms with Gasteiger partial charge in [0, 0.05) is 40.2 Å². The number of carboxylic acid groups (broad SMARTS) is 1. The normalized spacial score (nSPS) is 21.8. The van der Waals surface area contributed by atoms with E-state index in [-0.39, 0.29) is 5.91 Å². The van der Waals surface area contributed by atoms with Crippen molar-refractivity contribution in [3.05, 3.63) is 0 Å². The molecule has 0 radical (unpaired) electrons. The summed E-state index contributed by atoms with van der Waals surface area (Å²) in [7, 11) is 3.42. The summed E-state index contributed by atoms with van der Waals surface area (Å²) < 4.78 is 5.09. The molecule has 16 heavy (non-hydrogen) atoms. The summed E-state index contributed by atoms with van der Waals surface area (Å²) in [5.41, 5.74) is 0. The molecule has 0 spiro atoms. The molecule has 92 valence electrons. The molecule has 1 saturated heterocycles. The predicted molar refractivity (Wildman–Crippen MR) is 57.1 cm³/mol. The van der Waals surface area contributed by atoms with E-state index in [1.807, 2.05) is 4.90 Å². The third-order valence-corrected chi connectivity index (χ3v) is 2.57. The zero-order chi connectivity index (χ0) is 12.1. The van der Waals surface area contributed by atoms with Gasteiger partial charge in [0.15, 0.2) is 6.10 Å². The SMILES string of the molecule is CN(C)C(=O)CCN1CCOC(C(=O)O)C1. The summed E-state index contributed by atoms with van der Waals surface area (Å²) in [6.45, 7) is 2.04. The fourth-order valence-corrected chi connectivity index (χ4v) is 1.53. The molecule has 0 aromatic heterocycles. The third-order valence-electron chi connectivity index (χ3n) is 2.57. The number of aliphatic carboxylic acids is 1. The van der Waals surface area contributed by atoms with E-state index in [1.165, 1.54) is 4.90 Å². The molecule has 1 fully saturated rings. The van der Waals surface area contributed by atoms with Crippen molar-refractivity contribution in [1.82, 2.24) is 9.80 Å². The lowest BCUT2D eigenvalue weighted by atomic mass is 10.2. The van der Waals surface area contributed by atoms with E-state index < -0.39 is 12.1 Å². The largest absolute Gasteiger partial charge is 0.479 e. The number of carboxylic acids is 1. The summed E-state index contributed by atoms with van der Waals surface area (Å²) in [5, 5.41) is 8.79. The van der Waals surface area contributed by atoms with Gasteiger partial charge in [-0.1, -0.05) is 0 Å². The van der Waals surface area contributed by atoms with Gasteiger partial charge in [0.1, 0.15) is 0 Å². The molecule has 6 heteroatoms. The van der Waals surface area contributed by atoms with Crippen LogP contribution in [-0.4, -0.2) is 73.2 Å². The lowest BCUT2D eigenvalue weighted by Gasteiger charge is -2.30. The van der Waals surface area contributed by atoms with Gasteiger partial charge in [0.05, 0.1) is 6.61 Å². The lowest BCUT2D eigenvalue weighted by Crippen LogP contribution is -2.46. The van der Waals surface area contributed by atoms with Gasteiger partial charge in [-0.15, -0.1) is 0 Å². The highest BCUT2D eigenvalue weighted by Crippen LogP contribution is 2.06. The summed E-state index contributed by atoms with van der Waals surface area (Å²) in [6.07, 6.45) is -0.345. The predicted octanol–water partition coefficient (Wildman–Crippen LogP) is -0.750. The number of hydrogen-bond donors (Lipinski definition) is 1. The Labute approximate surface area is 94.8 Å². The van der Waals surface area contributed by atoms with Crippen LogP contribution in [0.25, 0.3) is 0 Å². The van der Waals surface area contributed by atoms with Crippen LogP contribution in [0.4, 0.5) is 0 Å². The standard InChI is InChI=1S/C10H18N2O4/c1-11(2)9(13)3-4-12-5-6-16-8(7-12)10(14)15/h8H,3-7H2,1-2H3,(H,14,15). The highest BCUT2D eigenvalue weighted by atomic mass is 16.5. The van der Waals surface area contributed by atoms with Gasteiger partial charge in [-0.2, -0.15) is 0 Å². The fourth-order valence-electron chi connectivity index (χ4n) is 1.53. The summed E-state index contributed by atoms with van der Waals surface area (Å²) in [5.74, 6) is -0.887. The second kappa shape index (κ2) is 5.81. The zero-order valence-electron chi connectivity index (χ0n) is 9.68. The van der Waals surface area contributed by atoms with Gasteiger partial charge < -0.3 is 14.7 Å². The minimum atomic E-state index is -0.941. The highest BCUT2D eigenvalue weighted by Gasteiger charge is 2.26. The van der Waals surface area contributed by atoms with Crippen LogP contribution in [0.5, 0.6) is 0 Å². The average Bonchev–Trinajstić information content (AvgIpc) is 2.26. The number of morpholine rings is 1. The van der Waals surface area contributed by atoms with Crippen LogP contribution in [0.3, 0.4) is 0 Å². The van der Waals surface area contributed by atoms with Crippen molar-refractivity contribution in [3.8, 4) is 0 Å². The second-order valence-corrected chi connectivity index (χ2v) is 4.04. The molecule has 0 aromatic rings. The van der Waals surface area contributed by atoms with E-state index >= 15 is 0 Å². The van der Waals surface area contributed by atoms with Crippen LogP contribution >= 0.6 is 0 Å². The molecule has 1 unspecified atom stereocenters. The minimum absolute atomic E-state index is 0.0540. The van der Waals surface area contributed by atoms with Crippen LogP contribution in [0, 0.1) is 0 Å². The number of amides is 1. The van der Waals surface area contributed by atoms with E-state index in [9.17, 15) is 9.59 Å². The quantitative estimate of drug-likeness (QED) is 0.688. The van der Waals surface area contributed by atoms with Crippen molar-refractivity contribution < 1.29 is 19.4 Å². The number of carbonyl (C=O) groups excluding carboxylic acids is 1. The van der Waals surface area contributed by atoms with E-state index in [0.29, 0.717) is 32.7 Å². The summed E-state index contributed by atoms with van der Waals surface area (Å²) >= 11 is 0. The topological polar surface area (TPSA) is 70.1 Å². The molecule has 6 nitrogen and oxygen atoms in total. The van der Waals surface area contributed by atoms with Crippen molar-refractivity contribution in [2.75, 3.05) is 40.3 Å². The Morgan fingerprint density at radius 3 is 2.75 bits per heavy atom. The Morgan fingerprint density at radius 1 is 1.50 bits per heavy atom. The Morgan fingerprint density at radius 2 is 2.19 bits per heavy atom. The molecule has 1 aliphatic rings. The first kappa shape index (κ1) is 12.9. The molecular weight excluding hydrogens is 212 g/mol. The third kappa shape index (κ3) is 3.79. The first-order valence-corrected chi connectivity index (χ1v) is 5.27. The second-order valence-electron chi connectivity index (χ2n) is 4.04. The maximum atomic E-state index is 11.4. The number of carbonyl (C=O) groups is 2. The van der Waals surface area contributed by atoms with Crippen molar-refractivity contribution in [3.63, 3.8) is 0 Å². The van der Waals surface area contributed by atoms with Crippen molar-refractivity contribution >= 4 is 11.9 Å². The molecule has 1 rings (SSSR count). The molecular formula is C10H18N2O4. The highest BCUT2D eigenvalue weighted by molar-refractivity contribution is 5.75. The van der Waals surface area contributed by atoms with Crippen LogP contribution in [0.2, 0.25) is 0 Å². The van der Waals surface area contributed by atoms with E-state index in [4.69, 9.17) is 9.84 Å². The lowest BCUT2D eigenvalue weighted by molar-refractivity contribution is -0.156. The molecule has 1 N–H and O–H groups in total. The van der Waals surface area contributed by atoms with Crippen LogP contribution < -0.4 is 0 Å². The summed E-state index contributed by atoms with van der Waals surface area (Å²) in [6, 6.07) is 0. The van der Waals surface area contributed by atoms with Gasteiger partial charge in [0.25, 0.3) is 0 Å². The van der Waals surface area contributed by atoms with Crippen LogP contribution in [0.1, 0.15) is 6.42 Å². The molecule has 1 heterocycles. The molecule has 0 aliphatic carbocycles. The number of nitrogens with zero attached hydrogens (tertiary/aromatic N) is 2. The molecule has 0 aromatic carbocycles. The Balaban J connectivity index is 2.32. The molecule has 1 amide bonds. The van der Waals surface area contributed by atoms with Crippen LogP contribution in [0.15, 0.2) is 0 Å².